The van der Waals surface area contributed by atoms with E-state index >= 15 is 0 Å². The summed E-state index contributed by atoms with van der Waals surface area (Å²) in [7, 11) is 0. The van der Waals surface area contributed by atoms with Crippen molar-refractivity contribution in [3.63, 3.8) is 0 Å². The highest BCUT2D eigenvalue weighted by Crippen LogP contribution is 2.36. The predicted molar refractivity (Wildman–Crippen MR) is 162 cm³/mol. The number of hydrogen-bond acceptors (Lipinski definition) is 10. The third-order valence-corrected chi connectivity index (χ3v) is 7.07. The largest absolute Gasteiger partial charge is 0.491 e. The Hall–Kier alpha value is -5.31. The van der Waals surface area contributed by atoms with Gasteiger partial charge in [-0.25, -0.2) is 9.97 Å². The zero-order chi connectivity index (χ0) is 31.2. The first-order valence-electron chi connectivity index (χ1n) is 14.1. The highest BCUT2D eigenvalue weighted by molar-refractivity contribution is 6.03. The van der Waals surface area contributed by atoms with Crippen LogP contribution >= 0.6 is 0 Å². The Morgan fingerprint density at radius 3 is 2.80 bits per heavy atom. The van der Waals surface area contributed by atoms with Gasteiger partial charge in [0.15, 0.2) is 11.3 Å². The van der Waals surface area contributed by atoms with Crippen molar-refractivity contribution in [2.45, 2.75) is 33.4 Å². The lowest BCUT2D eigenvalue weighted by atomic mass is 10.1. The molecule has 5 rings (SSSR count). The van der Waals surface area contributed by atoms with Crippen molar-refractivity contribution in [1.82, 2.24) is 24.3 Å². The summed E-state index contributed by atoms with van der Waals surface area (Å²) in [5, 5.41) is 22.1. The second-order valence-corrected chi connectivity index (χ2v) is 10.2. The molecule has 0 spiro atoms. The van der Waals surface area contributed by atoms with Crippen molar-refractivity contribution in [2.24, 2.45) is 11.7 Å². The molecule has 1 aliphatic rings. The first-order valence-corrected chi connectivity index (χ1v) is 14.1. The molecule has 15 nitrogen and oxygen atoms in total. The molecule has 1 fully saturated rings. The van der Waals surface area contributed by atoms with E-state index in [0.717, 1.165) is 11.8 Å². The predicted octanol–water partition coefficient (Wildman–Crippen LogP) is 3.30. The fourth-order valence-corrected chi connectivity index (χ4v) is 4.75. The number of pyridine rings is 1. The lowest BCUT2D eigenvalue weighted by Gasteiger charge is -2.25. The lowest BCUT2D eigenvalue weighted by molar-refractivity contribution is -0.384. The molecular formula is C29H33N9O6. The SMILES string of the molecule is CCn1nc(C)cc1C(=O)Nc1nc2cccnc2n1CC=CCNc1c(OCCC2COC2)cc(C(N)=O)cc1[N+](=O)[O-]. The molecule has 0 aliphatic carbocycles. The topological polar surface area (TPSA) is 194 Å². The van der Waals surface area contributed by atoms with Crippen LogP contribution in [0.25, 0.3) is 11.2 Å². The van der Waals surface area contributed by atoms with E-state index in [4.69, 9.17) is 15.2 Å². The second kappa shape index (κ2) is 13.3. The number of allylic oxidation sites excluding steroid dienone is 1. The molecule has 4 heterocycles. The Morgan fingerprint density at radius 2 is 2.09 bits per heavy atom. The number of amides is 2. The molecule has 1 aromatic carbocycles. The number of imidazole rings is 1. The number of rotatable bonds is 14. The Balaban J connectivity index is 1.32. The van der Waals surface area contributed by atoms with E-state index < -0.39 is 10.8 Å². The van der Waals surface area contributed by atoms with Crippen LogP contribution < -0.4 is 21.1 Å². The molecule has 0 unspecified atom stereocenters. The van der Waals surface area contributed by atoms with Crippen molar-refractivity contribution < 1.29 is 24.0 Å². The van der Waals surface area contributed by atoms with Crippen molar-refractivity contribution in [3.8, 4) is 5.75 Å². The average Bonchev–Trinajstić information content (AvgIpc) is 3.53. The number of primary amides is 1. The van der Waals surface area contributed by atoms with E-state index in [1.165, 1.54) is 6.07 Å². The first kappa shape index (κ1) is 30.2. The molecule has 1 aliphatic heterocycles. The minimum atomic E-state index is -0.796. The third-order valence-electron chi connectivity index (χ3n) is 7.07. The zero-order valence-electron chi connectivity index (χ0n) is 24.4. The zero-order valence-corrected chi connectivity index (χ0v) is 24.4. The van der Waals surface area contributed by atoms with Gasteiger partial charge in [-0.2, -0.15) is 5.10 Å². The van der Waals surface area contributed by atoms with Gasteiger partial charge >= 0.3 is 0 Å². The summed E-state index contributed by atoms with van der Waals surface area (Å²) in [6, 6.07) is 7.81. The number of aromatic nitrogens is 5. The van der Waals surface area contributed by atoms with Gasteiger partial charge in [-0.3, -0.25) is 34.3 Å². The van der Waals surface area contributed by atoms with Gasteiger partial charge in [0.1, 0.15) is 17.0 Å². The number of aryl methyl sites for hydroxylation is 2. The van der Waals surface area contributed by atoms with Crippen molar-refractivity contribution in [1.29, 1.82) is 0 Å². The quantitative estimate of drug-likeness (QED) is 0.109. The molecule has 44 heavy (non-hydrogen) atoms. The van der Waals surface area contributed by atoms with E-state index in [9.17, 15) is 19.7 Å². The lowest BCUT2D eigenvalue weighted by Crippen LogP contribution is -2.28. The van der Waals surface area contributed by atoms with Crippen LogP contribution in [-0.2, 0) is 17.8 Å². The number of nitrogens with zero attached hydrogens (tertiary/aromatic N) is 6. The fraction of sp³-hybridized carbons (Fsp3) is 0.345. The fourth-order valence-electron chi connectivity index (χ4n) is 4.75. The van der Waals surface area contributed by atoms with Crippen molar-refractivity contribution in [2.75, 3.05) is 37.0 Å². The number of benzene rings is 1. The van der Waals surface area contributed by atoms with Gasteiger partial charge in [0.25, 0.3) is 11.6 Å². The summed E-state index contributed by atoms with van der Waals surface area (Å²) < 4.78 is 14.4. The highest BCUT2D eigenvalue weighted by Gasteiger charge is 2.24. The number of anilines is 2. The van der Waals surface area contributed by atoms with Gasteiger partial charge < -0.3 is 20.5 Å². The van der Waals surface area contributed by atoms with E-state index in [1.54, 1.807) is 39.7 Å². The molecule has 4 N–H and O–H groups in total. The Morgan fingerprint density at radius 1 is 1.27 bits per heavy atom. The van der Waals surface area contributed by atoms with Crippen LogP contribution in [0.15, 0.2) is 48.7 Å². The molecule has 0 bridgehead atoms. The maximum Gasteiger partial charge on any atom is 0.296 e. The van der Waals surface area contributed by atoms with E-state index in [1.807, 2.05) is 19.9 Å². The maximum atomic E-state index is 13.1. The number of ether oxygens (including phenoxy) is 2. The average molecular weight is 604 g/mol. The number of carbonyl (C=O) groups is 2. The molecule has 0 radical (unpaired) electrons. The van der Waals surface area contributed by atoms with Crippen LogP contribution in [0.3, 0.4) is 0 Å². The third kappa shape index (κ3) is 6.67. The summed E-state index contributed by atoms with van der Waals surface area (Å²) >= 11 is 0. The summed E-state index contributed by atoms with van der Waals surface area (Å²) in [6.07, 6.45) is 5.94. The minimum Gasteiger partial charge on any atom is -0.491 e. The van der Waals surface area contributed by atoms with Crippen LogP contribution in [0.1, 0.15) is 39.9 Å². The van der Waals surface area contributed by atoms with E-state index in [-0.39, 0.29) is 35.1 Å². The summed E-state index contributed by atoms with van der Waals surface area (Å²) in [5.74, 6) is -0.301. The molecule has 15 heteroatoms. The Bertz CT molecular complexity index is 1720. The summed E-state index contributed by atoms with van der Waals surface area (Å²) in [6.45, 7) is 6.35. The Kier molecular flexibility index (Phi) is 9.14. The number of fused-ring (bicyclic) bond motifs is 1. The van der Waals surface area contributed by atoms with Gasteiger partial charge in [-0.05, 0) is 44.5 Å². The summed E-state index contributed by atoms with van der Waals surface area (Å²) in [5.41, 5.74) is 7.54. The smallest absolute Gasteiger partial charge is 0.296 e. The number of nitro groups is 1. The van der Waals surface area contributed by atoms with Crippen LogP contribution in [0.2, 0.25) is 0 Å². The molecule has 3 aromatic heterocycles. The van der Waals surface area contributed by atoms with Crippen molar-refractivity contribution >= 4 is 40.3 Å². The number of nitrogens with two attached hydrogens (primary N) is 1. The molecule has 4 aromatic rings. The minimum absolute atomic E-state index is 0.0222. The van der Waals surface area contributed by atoms with Gasteiger partial charge in [-0.15, -0.1) is 0 Å². The van der Waals surface area contributed by atoms with Crippen molar-refractivity contribution in [3.05, 3.63) is 75.7 Å². The number of hydrogen-bond donors (Lipinski definition) is 3. The van der Waals surface area contributed by atoms with Gasteiger partial charge in [0.05, 0.1) is 30.4 Å². The van der Waals surface area contributed by atoms with Gasteiger partial charge in [-0.1, -0.05) is 12.2 Å². The Labute approximate surface area is 252 Å². The second-order valence-electron chi connectivity index (χ2n) is 10.2. The van der Waals surface area contributed by atoms with Crippen LogP contribution in [0, 0.1) is 23.0 Å². The highest BCUT2D eigenvalue weighted by atomic mass is 16.6. The van der Waals surface area contributed by atoms with E-state index in [2.05, 4.69) is 25.7 Å². The van der Waals surface area contributed by atoms with Gasteiger partial charge in [0, 0.05) is 43.4 Å². The maximum absolute atomic E-state index is 13.1. The monoisotopic (exact) mass is 603 g/mol. The van der Waals surface area contributed by atoms with Crippen LogP contribution in [-0.4, -0.2) is 67.4 Å². The van der Waals surface area contributed by atoms with E-state index in [0.29, 0.717) is 68.1 Å². The standard InChI is InChI=1S/C29H33N9O6/c1-3-37-23(13-18(2)35-37)28(40)34-29-33-21-7-6-10-32-27(21)36(29)11-5-4-9-31-25-22(38(41)42)14-20(26(30)39)15-24(25)44-12-8-19-16-43-17-19/h4-7,10,13-15,19,31H,3,8-9,11-12,16-17H2,1-2H3,(H2,30,39)(H,33,34,40). The van der Waals surface area contributed by atoms with Crippen LogP contribution in [0.5, 0.6) is 5.75 Å². The van der Waals surface area contributed by atoms with Crippen LogP contribution in [0.4, 0.5) is 17.3 Å². The molecule has 0 saturated carbocycles. The molecule has 0 atom stereocenters. The normalized spacial score (nSPS) is 13.2. The number of nitrogens with one attached hydrogen (secondary N) is 2. The first-order chi connectivity index (χ1) is 21.2. The van der Waals surface area contributed by atoms with Gasteiger partial charge in [0.2, 0.25) is 11.9 Å². The molecule has 2 amide bonds. The molecule has 1 saturated heterocycles. The summed E-state index contributed by atoms with van der Waals surface area (Å²) in [4.78, 5) is 45.2. The molecule has 230 valence electrons. The number of carbonyl (C=O) groups excluding carboxylic acids is 2. The molecular weight excluding hydrogens is 570 g/mol. The number of nitro benzene ring substituents is 1.